The lowest BCUT2D eigenvalue weighted by Crippen LogP contribution is -2.30. The fourth-order valence-corrected chi connectivity index (χ4v) is 3.38. The quantitative estimate of drug-likeness (QED) is 0.594. The summed E-state index contributed by atoms with van der Waals surface area (Å²) in [5.41, 5.74) is 1.94. The van der Waals surface area contributed by atoms with Crippen molar-refractivity contribution >= 4 is 45.1 Å². The summed E-state index contributed by atoms with van der Waals surface area (Å²) >= 11 is 9.33. The maximum Gasteiger partial charge on any atom is 0.311 e. The molecule has 1 heterocycles. The minimum atomic E-state index is -0.397. The molecule has 1 aliphatic heterocycles. The Morgan fingerprint density at radius 3 is 2.88 bits per heavy atom. The van der Waals surface area contributed by atoms with Crippen LogP contribution in [0.5, 0.6) is 5.75 Å². The summed E-state index contributed by atoms with van der Waals surface area (Å²) in [5, 5.41) is 3.24. The topological polar surface area (TPSA) is 55.4 Å². The van der Waals surface area contributed by atoms with E-state index in [0.29, 0.717) is 23.6 Å². The number of rotatable bonds is 4. The summed E-state index contributed by atoms with van der Waals surface area (Å²) in [5.74, 6) is -0.356. The molecule has 1 aliphatic rings. The number of carbonyl (C=O) groups is 2. The molecule has 0 spiro atoms. The molecule has 1 atom stereocenters. The zero-order valence-corrected chi connectivity index (χ0v) is 15.1. The van der Waals surface area contributed by atoms with Gasteiger partial charge in [-0.25, -0.2) is 0 Å². The van der Waals surface area contributed by atoms with Crippen LogP contribution in [-0.4, -0.2) is 11.9 Å². The summed E-state index contributed by atoms with van der Waals surface area (Å²) in [4.78, 5) is 24.2. The maximum absolute atomic E-state index is 12.1. The van der Waals surface area contributed by atoms with Gasteiger partial charge in [-0.15, -0.1) is 0 Å². The largest absolute Gasteiger partial charge is 0.425 e. The first-order chi connectivity index (χ1) is 11.5. The zero-order valence-electron chi connectivity index (χ0n) is 12.7. The molecule has 0 fully saturated rings. The van der Waals surface area contributed by atoms with E-state index in [0.717, 1.165) is 15.7 Å². The van der Waals surface area contributed by atoms with Gasteiger partial charge >= 0.3 is 5.97 Å². The molecule has 3 rings (SSSR count). The molecular weight excluding hydrogens is 394 g/mol. The second-order valence-corrected chi connectivity index (χ2v) is 6.96. The number of hydrogen-bond acceptors (Lipinski definition) is 3. The normalized spacial score (nSPS) is 16.2. The van der Waals surface area contributed by atoms with Crippen LogP contribution in [0.2, 0.25) is 5.02 Å². The smallest absolute Gasteiger partial charge is 0.311 e. The van der Waals surface area contributed by atoms with Crippen molar-refractivity contribution in [3.63, 3.8) is 0 Å². The Morgan fingerprint density at radius 2 is 2.08 bits per heavy atom. The van der Waals surface area contributed by atoms with Crippen LogP contribution >= 0.6 is 27.5 Å². The number of halogens is 2. The lowest BCUT2D eigenvalue weighted by Gasteiger charge is -2.24. The Balaban J connectivity index is 1.57. The number of nitrogens with one attached hydrogen (secondary N) is 1. The molecule has 0 aromatic heterocycles. The second kappa shape index (κ2) is 7.36. The highest BCUT2D eigenvalue weighted by molar-refractivity contribution is 9.10. The minimum Gasteiger partial charge on any atom is -0.425 e. The third kappa shape index (κ3) is 3.97. The fourth-order valence-electron chi connectivity index (χ4n) is 2.67. The molecule has 2 aromatic carbocycles. The number of benzene rings is 2. The van der Waals surface area contributed by atoms with Gasteiger partial charge in [-0.05, 0) is 42.7 Å². The molecule has 2 aromatic rings. The average Bonchev–Trinajstić information content (AvgIpc) is 2.55. The van der Waals surface area contributed by atoms with Crippen molar-refractivity contribution in [3.05, 3.63) is 57.5 Å². The van der Waals surface area contributed by atoms with Crippen LogP contribution in [0, 0.1) is 5.92 Å². The Bertz CT molecular complexity index is 794. The molecule has 24 heavy (non-hydrogen) atoms. The Kier molecular flexibility index (Phi) is 5.21. The number of anilines is 1. The number of carbonyl (C=O) groups excluding carboxylic acids is 2. The standard InChI is InChI=1S/C18H15BrClNO3/c19-13-6-7-16(14(20)10-13)24-17(22)8-5-12-9-11-3-1-2-4-15(11)21-18(12)23/h1-4,6-7,10,12H,5,8-9H2,(H,21,23). The van der Waals surface area contributed by atoms with Gasteiger partial charge in [0.1, 0.15) is 5.75 Å². The molecule has 0 saturated carbocycles. The Labute approximate surface area is 153 Å². The lowest BCUT2D eigenvalue weighted by molar-refractivity contribution is -0.134. The van der Waals surface area contributed by atoms with Crippen molar-refractivity contribution in [1.29, 1.82) is 0 Å². The monoisotopic (exact) mass is 407 g/mol. The number of amides is 1. The first kappa shape index (κ1) is 17.0. The molecule has 1 amide bonds. The highest BCUT2D eigenvalue weighted by atomic mass is 79.9. The van der Waals surface area contributed by atoms with E-state index in [1.54, 1.807) is 18.2 Å². The summed E-state index contributed by atoms with van der Waals surface area (Å²) in [6.07, 6.45) is 1.23. The molecule has 1 unspecified atom stereocenters. The minimum absolute atomic E-state index is 0.0526. The molecule has 0 aliphatic carbocycles. The van der Waals surface area contributed by atoms with Crippen molar-refractivity contribution in [2.24, 2.45) is 5.92 Å². The van der Waals surface area contributed by atoms with E-state index >= 15 is 0 Å². The van der Waals surface area contributed by atoms with Crippen molar-refractivity contribution in [2.75, 3.05) is 5.32 Å². The first-order valence-corrected chi connectivity index (χ1v) is 8.74. The lowest BCUT2D eigenvalue weighted by atomic mass is 9.90. The van der Waals surface area contributed by atoms with Crippen molar-refractivity contribution in [2.45, 2.75) is 19.3 Å². The Morgan fingerprint density at radius 1 is 1.29 bits per heavy atom. The van der Waals surface area contributed by atoms with Crippen LogP contribution in [0.4, 0.5) is 5.69 Å². The molecule has 6 heteroatoms. The van der Waals surface area contributed by atoms with E-state index in [2.05, 4.69) is 21.2 Å². The Hall–Kier alpha value is -1.85. The predicted octanol–water partition coefficient (Wildman–Crippen LogP) is 4.60. The molecule has 0 bridgehead atoms. The molecule has 4 nitrogen and oxygen atoms in total. The summed E-state index contributed by atoms with van der Waals surface area (Å²) in [7, 11) is 0. The third-order valence-electron chi connectivity index (χ3n) is 3.93. The van der Waals surface area contributed by atoms with Gasteiger partial charge in [0.2, 0.25) is 5.91 Å². The molecular formula is C18H15BrClNO3. The van der Waals surface area contributed by atoms with Gasteiger partial charge in [-0.3, -0.25) is 9.59 Å². The summed E-state index contributed by atoms with van der Waals surface area (Å²) in [6.45, 7) is 0. The first-order valence-electron chi connectivity index (χ1n) is 7.57. The number of ether oxygens (including phenoxy) is 1. The maximum atomic E-state index is 12.1. The van der Waals surface area contributed by atoms with Crippen molar-refractivity contribution in [3.8, 4) is 5.75 Å². The molecule has 124 valence electrons. The van der Waals surface area contributed by atoms with Crippen LogP contribution < -0.4 is 10.1 Å². The van der Waals surface area contributed by atoms with E-state index in [-0.39, 0.29) is 18.2 Å². The number of esters is 1. The number of para-hydroxylation sites is 1. The van der Waals surface area contributed by atoms with E-state index in [4.69, 9.17) is 16.3 Å². The molecule has 1 N–H and O–H groups in total. The molecule has 0 radical (unpaired) electrons. The van der Waals surface area contributed by atoms with Crippen molar-refractivity contribution < 1.29 is 14.3 Å². The van der Waals surface area contributed by atoms with Gasteiger partial charge in [0.05, 0.1) is 5.02 Å². The SMILES string of the molecule is O=C(CCC1Cc2ccccc2NC1=O)Oc1ccc(Br)cc1Cl. The fraction of sp³-hybridized carbons (Fsp3) is 0.222. The number of fused-ring (bicyclic) bond motifs is 1. The second-order valence-electron chi connectivity index (χ2n) is 5.63. The van der Waals surface area contributed by atoms with E-state index in [9.17, 15) is 9.59 Å². The average molecular weight is 409 g/mol. The van der Waals surface area contributed by atoms with Crippen LogP contribution in [0.3, 0.4) is 0 Å². The zero-order chi connectivity index (χ0) is 17.1. The van der Waals surface area contributed by atoms with Gasteiger partial charge in [-0.1, -0.05) is 45.7 Å². The van der Waals surface area contributed by atoms with Crippen LogP contribution in [0.15, 0.2) is 46.9 Å². The van der Waals surface area contributed by atoms with E-state index in [1.165, 1.54) is 0 Å². The highest BCUT2D eigenvalue weighted by Crippen LogP contribution is 2.30. The van der Waals surface area contributed by atoms with E-state index in [1.807, 2.05) is 24.3 Å². The number of hydrogen-bond donors (Lipinski definition) is 1. The van der Waals surface area contributed by atoms with Crippen LogP contribution in [0.1, 0.15) is 18.4 Å². The summed E-state index contributed by atoms with van der Waals surface area (Å²) in [6, 6.07) is 12.7. The van der Waals surface area contributed by atoms with Gasteiger partial charge in [0.15, 0.2) is 0 Å². The van der Waals surface area contributed by atoms with Gasteiger partial charge in [0.25, 0.3) is 0 Å². The molecule has 0 saturated heterocycles. The summed E-state index contributed by atoms with van der Waals surface area (Å²) < 4.78 is 6.08. The van der Waals surface area contributed by atoms with Crippen molar-refractivity contribution in [1.82, 2.24) is 0 Å². The van der Waals surface area contributed by atoms with Crippen LogP contribution in [-0.2, 0) is 16.0 Å². The van der Waals surface area contributed by atoms with E-state index < -0.39 is 5.97 Å². The van der Waals surface area contributed by atoms with Gasteiger partial charge < -0.3 is 10.1 Å². The highest BCUT2D eigenvalue weighted by Gasteiger charge is 2.26. The third-order valence-corrected chi connectivity index (χ3v) is 4.72. The van der Waals surface area contributed by atoms with Gasteiger partial charge in [-0.2, -0.15) is 0 Å². The van der Waals surface area contributed by atoms with Crippen LogP contribution in [0.25, 0.3) is 0 Å². The predicted molar refractivity (Wildman–Crippen MR) is 96.3 cm³/mol. The van der Waals surface area contributed by atoms with Gasteiger partial charge in [0, 0.05) is 22.5 Å².